The van der Waals surface area contributed by atoms with Crippen molar-refractivity contribution < 1.29 is 19.0 Å². The van der Waals surface area contributed by atoms with E-state index < -0.39 is 12.0 Å². The number of rotatable bonds is 15. The van der Waals surface area contributed by atoms with Gasteiger partial charge in [-0.3, -0.25) is 4.90 Å². The van der Waals surface area contributed by atoms with Crippen LogP contribution in [-0.2, 0) is 17.6 Å². The maximum atomic E-state index is 13.2. The van der Waals surface area contributed by atoms with Crippen molar-refractivity contribution in [3.63, 3.8) is 0 Å². The van der Waals surface area contributed by atoms with Crippen LogP contribution in [0.3, 0.4) is 0 Å². The van der Waals surface area contributed by atoms with E-state index in [1.54, 1.807) is 12.1 Å². The van der Waals surface area contributed by atoms with Crippen LogP contribution in [-0.4, -0.2) is 69.8 Å². The smallest absolute Gasteiger partial charge is 0.326 e. The van der Waals surface area contributed by atoms with Crippen molar-refractivity contribution in [2.45, 2.75) is 44.6 Å². The average molecular weight is 548 g/mol. The van der Waals surface area contributed by atoms with Crippen molar-refractivity contribution in [3.8, 4) is 11.8 Å². The number of nitrogens with one attached hydrogen (secondary N) is 2. The van der Waals surface area contributed by atoms with E-state index in [0.717, 1.165) is 56.7 Å². The number of fused-ring (bicyclic) bond motifs is 1. The Labute approximate surface area is 233 Å². The van der Waals surface area contributed by atoms with Crippen molar-refractivity contribution in [2.75, 3.05) is 43.4 Å². The predicted molar refractivity (Wildman–Crippen MR) is 149 cm³/mol. The van der Waals surface area contributed by atoms with E-state index in [1.165, 1.54) is 30.1 Å². The van der Waals surface area contributed by atoms with E-state index in [4.69, 9.17) is 9.72 Å². The lowest BCUT2D eigenvalue weighted by molar-refractivity contribution is -0.138. The van der Waals surface area contributed by atoms with Crippen LogP contribution < -0.4 is 15.4 Å². The van der Waals surface area contributed by atoms with Crippen molar-refractivity contribution in [2.24, 2.45) is 0 Å². The molecule has 0 saturated carbocycles. The molecular weight excluding hydrogens is 513 g/mol. The number of aromatic nitrogens is 3. The van der Waals surface area contributed by atoms with Gasteiger partial charge in [-0.15, -0.1) is 0 Å². The highest BCUT2D eigenvalue weighted by Gasteiger charge is 2.21. The third kappa shape index (κ3) is 8.61. The van der Waals surface area contributed by atoms with Gasteiger partial charge in [-0.2, -0.15) is 5.26 Å². The summed E-state index contributed by atoms with van der Waals surface area (Å²) in [7, 11) is 0. The highest BCUT2D eigenvalue weighted by molar-refractivity contribution is 5.77. The molecule has 1 atom stereocenters. The lowest BCUT2D eigenvalue weighted by Gasteiger charge is -2.25. The minimum atomic E-state index is -1.04. The molecule has 0 aliphatic carbocycles. The lowest BCUT2D eigenvalue weighted by Crippen LogP contribution is -2.37. The zero-order chi connectivity index (χ0) is 28.2. The fourth-order valence-electron chi connectivity index (χ4n) is 4.57. The Hall–Kier alpha value is -4.30. The molecule has 10 nitrogen and oxygen atoms in total. The van der Waals surface area contributed by atoms with Crippen LogP contribution in [0.4, 0.5) is 16.0 Å². The zero-order valence-corrected chi connectivity index (χ0v) is 22.4. The molecule has 3 heterocycles. The number of ether oxygens (including phenoxy) is 1. The van der Waals surface area contributed by atoms with Crippen LogP contribution in [0, 0.1) is 17.1 Å². The molecule has 2 aromatic heterocycles. The Balaban J connectivity index is 1.32. The lowest BCUT2D eigenvalue weighted by atomic mass is 10.1. The Kier molecular flexibility index (Phi) is 10.6. The van der Waals surface area contributed by atoms with Gasteiger partial charge in [-0.25, -0.2) is 24.1 Å². The molecule has 0 amide bonds. The van der Waals surface area contributed by atoms with Crippen LogP contribution in [0.5, 0.6) is 5.75 Å². The first-order valence-electron chi connectivity index (χ1n) is 13.6. The fraction of sp³-hybridized carbons (Fsp3) is 0.414. The van der Waals surface area contributed by atoms with Crippen molar-refractivity contribution in [1.29, 1.82) is 5.26 Å². The number of pyridine rings is 1. The van der Waals surface area contributed by atoms with Crippen LogP contribution in [0.1, 0.15) is 42.6 Å². The van der Waals surface area contributed by atoms with Gasteiger partial charge in [0.05, 0.1) is 0 Å². The number of carboxylic acids is 1. The van der Waals surface area contributed by atoms with Crippen LogP contribution in [0.25, 0.3) is 0 Å². The van der Waals surface area contributed by atoms with Crippen LogP contribution in [0.15, 0.2) is 48.8 Å². The second kappa shape index (κ2) is 14.7. The molecule has 1 aliphatic heterocycles. The number of anilines is 2. The molecule has 0 spiro atoms. The van der Waals surface area contributed by atoms with E-state index >= 15 is 0 Å². The van der Waals surface area contributed by atoms with E-state index in [9.17, 15) is 19.6 Å². The van der Waals surface area contributed by atoms with E-state index in [0.29, 0.717) is 25.4 Å². The van der Waals surface area contributed by atoms with Gasteiger partial charge >= 0.3 is 5.97 Å². The summed E-state index contributed by atoms with van der Waals surface area (Å²) in [6, 6.07) is 11.1. The highest BCUT2D eigenvalue weighted by Crippen LogP contribution is 2.20. The maximum absolute atomic E-state index is 13.2. The van der Waals surface area contributed by atoms with Crippen molar-refractivity contribution in [1.82, 2.24) is 19.9 Å². The number of halogens is 1. The van der Waals surface area contributed by atoms with Gasteiger partial charge in [0.15, 0.2) is 11.5 Å². The number of nitriles is 1. The molecule has 3 aromatic rings. The minimum Gasteiger partial charge on any atom is -0.492 e. The molecule has 4 rings (SSSR count). The average Bonchev–Trinajstić information content (AvgIpc) is 2.97. The highest BCUT2D eigenvalue weighted by atomic mass is 19.1. The molecule has 0 saturated heterocycles. The molecule has 0 unspecified atom stereocenters. The molecule has 0 bridgehead atoms. The Morgan fingerprint density at radius 1 is 1.15 bits per heavy atom. The number of carboxylic acid groups (broad SMARTS) is 1. The van der Waals surface area contributed by atoms with E-state index in [1.807, 2.05) is 6.07 Å². The van der Waals surface area contributed by atoms with Crippen molar-refractivity contribution in [3.05, 3.63) is 71.6 Å². The molecular formula is C29H34FN7O3. The first kappa shape index (κ1) is 28.7. The second-order valence-electron chi connectivity index (χ2n) is 9.63. The predicted octanol–water partition coefficient (Wildman–Crippen LogP) is 3.90. The summed E-state index contributed by atoms with van der Waals surface area (Å²) in [5.74, 6) is 0.358. The molecule has 3 N–H and O–H groups in total. The molecule has 0 radical (unpaired) electrons. The molecule has 210 valence electrons. The van der Waals surface area contributed by atoms with Crippen molar-refractivity contribution >= 4 is 17.6 Å². The van der Waals surface area contributed by atoms with Gasteiger partial charge in [0, 0.05) is 37.7 Å². The first-order chi connectivity index (χ1) is 19.5. The van der Waals surface area contributed by atoms with Gasteiger partial charge in [-0.1, -0.05) is 6.07 Å². The third-order valence-corrected chi connectivity index (χ3v) is 6.75. The Morgan fingerprint density at radius 3 is 2.77 bits per heavy atom. The summed E-state index contributed by atoms with van der Waals surface area (Å²) in [6.07, 6.45) is 7.97. The number of nitrogens with zero attached hydrogens (tertiary/aromatic N) is 5. The number of benzene rings is 1. The molecule has 0 fully saturated rings. The number of hydrogen-bond donors (Lipinski definition) is 3. The number of hydrogen-bond acceptors (Lipinski definition) is 9. The molecule has 1 aromatic carbocycles. The largest absolute Gasteiger partial charge is 0.492 e. The van der Waals surface area contributed by atoms with Gasteiger partial charge < -0.3 is 20.5 Å². The number of aliphatic carboxylic acids is 1. The standard InChI is InChI=1S/C29H34FN7O3/c30-22-7-10-24(11-8-22)40-19-18-37(16-2-1-5-23-9-6-21-4-3-13-33-27(21)35-23)17-12-25(29(38)39)36-28-26(20-31)32-14-15-34-28/h6-11,14-15,25H,1-5,12-13,16-19H2,(H,33,35)(H,34,36)(H,38,39)/t25-/m0/s1. The summed E-state index contributed by atoms with van der Waals surface area (Å²) in [6.45, 7) is 3.13. The molecule has 40 heavy (non-hydrogen) atoms. The van der Waals surface area contributed by atoms with Gasteiger partial charge in [-0.05, 0) is 81.0 Å². The summed E-state index contributed by atoms with van der Waals surface area (Å²) in [5, 5.41) is 25.3. The normalized spacial score (nSPS) is 13.1. The van der Waals surface area contributed by atoms with Gasteiger partial charge in [0.2, 0.25) is 0 Å². The number of unbranched alkanes of at least 4 members (excludes halogenated alkanes) is 1. The molecule has 1 aliphatic rings. The summed E-state index contributed by atoms with van der Waals surface area (Å²) < 4.78 is 19.0. The minimum absolute atomic E-state index is 0.0456. The van der Waals surface area contributed by atoms with Crippen LogP contribution >= 0.6 is 0 Å². The maximum Gasteiger partial charge on any atom is 0.326 e. The van der Waals surface area contributed by atoms with E-state index in [-0.39, 0.29) is 23.7 Å². The monoisotopic (exact) mass is 547 g/mol. The molecule has 11 heteroatoms. The Bertz CT molecular complexity index is 1300. The van der Waals surface area contributed by atoms with Crippen LogP contribution in [0.2, 0.25) is 0 Å². The van der Waals surface area contributed by atoms with E-state index in [2.05, 4.69) is 37.6 Å². The second-order valence-corrected chi connectivity index (χ2v) is 9.63. The third-order valence-electron chi connectivity index (χ3n) is 6.75. The zero-order valence-electron chi connectivity index (χ0n) is 22.4. The van der Waals surface area contributed by atoms with Gasteiger partial charge in [0.25, 0.3) is 0 Å². The summed E-state index contributed by atoms with van der Waals surface area (Å²) in [4.78, 5) is 26.9. The number of carbonyl (C=O) groups is 1. The fourth-order valence-corrected chi connectivity index (χ4v) is 4.57. The quantitative estimate of drug-likeness (QED) is 0.240. The number of aryl methyl sites for hydroxylation is 2. The Morgan fingerprint density at radius 2 is 1.98 bits per heavy atom. The SMILES string of the molecule is N#Cc1nccnc1N[C@@H](CCN(CCCCc1ccc2c(n1)NCCC2)CCOc1ccc(F)cc1)C(=O)O. The summed E-state index contributed by atoms with van der Waals surface area (Å²) in [5.41, 5.74) is 2.38. The summed E-state index contributed by atoms with van der Waals surface area (Å²) >= 11 is 0. The first-order valence-corrected chi connectivity index (χ1v) is 13.6. The topological polar surface area (TPSA) is 136 Å². The van der Waals surface area contributed by atoms with Gasteiger partial charge in [0.1, 0.15) is 36.1 Å².